The van der Waals surface area contributed by atoms with Gasteiger partial charge in [0.2, 0.25) is 0 Å². The molecule has 0 fully saturated rings. The number of benzene rings is 1. The molecule has 1 aromatic heterocycles. The van der Waals surface area contributed by atoms with Gasteiger partial charge in [0.05, 0.1) is 17.8 Å². The smallest absolute Gasteiger partial charge is 0.190 e. The Morgan fingerprint density at radius 2 is 2.00 bits per heavy atom. The number of nitrogens with zero attached hydrogens (tertiary/aromatic N) is 2. The van der Waals surface area contributed by atoms with E-state index in [9.17, 15) is 0 Å². The Labute approximate surface area is 154 Å². The molecule has 0 aliphatic heterocycles. The molecule has 2 rings (SSSR count). The van der Waals surface area contributed by atoms with Gasteiger partial charge in [-0.25, -0.2) is 4.98 Å². The number of aryl methyl sites for hydroxylation is 2. The summed E-state index contributed by atoms with van der Waals surface area (Å²) < 4.78 is 5.43. The molecule has 0 saturated heterocycles. The van der Waals surface area contributed by atoms with Crippen molar-refractivity contribution in [2.45, 2.75) is 33.1 Å². The molecule has 0 atom stereocenters. The lowest BCUT2D eigenvalue weighted by Gasteiger charge is -2.13. The van der Waals surface area contributed by atoms with Gasteiger partial charge in [0.25, 0.3) is 0 Å². The van der Waals surface area contributed by atoms with E-state index in [1.807, 2.05) is 6.07 Å². The molecule has 6 heteroatoms. The number of aliphatic imine (C=N–C) groups is 1. The van der Waals surface area contributed by atoms with E-state index in [2.05, 4.69) is 52.0 Å². The van der Waals surface area contributed by atoms with Crippen molar-refractivity contribution in [2.24, 2.45) is 4.99 Å². The molecule has 25 heavy (non-hydrogen) atoms. The average molecular weight is 361 g/mol. The monoisotopic (exact) mass is 360 g/mol. The average Bonchev–Trinajstić information content (AvgIpc) is 3.08. The maximum atomic E-state index is 5.43. The van der Waals surface area contributed by atoms with Gasteiger partial charge in [-0.05, 0) is 31.4 Å². The summed E-state index contributed by atoms with van der Waals surface area (Å²) in [5.41, 5.74) is 3.60. The van der Waals surface area contributed by atoms with Crippen LogP contribution in [0.2, 0.25) is 0 Å². The van der Waals surface area contributed by atoms with E-state index >= 15 is 0 Å². The lowest BCUT2D eigenvalue weighted by molar-refractivity contribution is 0.409. The maximum Gasteiger partial charge on any atom is 0.190 e. The summed E-state index contributed by atoms with van der Waals surface area (Å²) in [4.78, 5) is 8.86. The van der Waals surface area contributed by atoms with E-state index in [4.69, 9.17) is 4.74 Å². The molecule has 0 saturated carbocycles. The number of nitrogens with one attached hydrogen (secondary N) is 2. The normalized spacial score (nSPS) is 11.4. The molecule has 0 bridgehead atoms. The second-order valence-corrected chi connectivity index (χ2v) is 6.77. The summed E-state index contributed by atoms with van der Waals surface area (Å²) in [7, 11) is 3.51. The summed E-state index contributed by atoms with van der Waals surface area (Å²) in [6.45, 7) is 5.85. The SMILES string of the molecule is CCc1nc(CCNC(=NC)NCCc2cc(C)ccc2OC)cs1. The Morgan fingerprint density at radius 3 is 2.64 bits per heavy atom. The topological polar surface area (TPSA) is 58.5 Å². The number of hydrogen-bond acceptors (Lipinski definition) is 4. The largest absolute Gasteiger partial charge is 0.496 e. The Balaban J connectivity index is 1.76. The molecule has 136 valence electrons. The number of guanidine groups is 1. The molecule has 0 amide bonds. The van der Waals surface area contributed by atoms with Gasteiger partial charge >= 0.3 is 0 Å². The summed E-state index contributed by atoms with van der Waals surface area (Å²) in [5, 5.41) is 10.0. The fourth-order valence-electron chi connectivity index (χ4n) is 2.57. The summed E-state index contributed by atoms with van der Waals surface area (Å²) in [6.07, 6.45) is 2.80. The predicted octanol–water partition coefficient (Wildman–Crippen LogP) is 2.97. The Kier molecular flexibility index (Phi) is 7.73. The van der Waals surface area contributed by atoms with Crippen LogP contribution in [0.3, 0.4) is 0 Å². The minimum absolute atomic E-state index is 0.802. The highest BCUT2D eigenvalue weighted by atomic mass is 32.1. The molecule has 0 spiro atoms. The molecule has 0 aliphatic carbocycles. The summed E-state index contributed by atoms with van der Waals surface area (Å²) >= 11 is 1.73. The van der Waals surface area contributed by atoms with Crippen molar-refractivity contribution in [2.75, 3.05) is 27.2 Å². The highest BCUT2D eigenvalue weighted by Crippen LogP contribution is 2.19. The van der Waals surface area contributed by atoms with Gasteiger partial charge in [-0.2, -0.15) is 0 Å². The molecule has 1 aromatic carbocycles. The van der Waals surface area contributed by atoms with E-state index in [1.54, 1.807) is 25.5 Å². The molecular weight excluding hydrogens is 332 g/mol. The third kappa shape index (κ3) is 6.05. The Hall–Kier alpha value is -2.08. The first-order valence-corrected chi connectivity index (χ1v) is 9.55. The standard InChI is InChI=1S/C19H28N4OS/c1-5-18-23-16(13-25-18)9-11-22-19(20-3)21-10-8-15-12-14(2)6-7-17(15)24-4/h6-7,12-13H,5,8-11H2,1-4H3,(H2,20,21,22). The number of rotatable bonds is 8. The quantitative estimate of drug-likeness (QED) is 0.561. The van der Waals surface area contributed by atoms with E-state index in [0.29, 0.717) is 0 Å². The predicted molar refractivity (Wildman–Crippen MR) is 106 cm³/mol. The highest BCUT2D eigenvalue weighted by molar-refractivity contribution is 7.09. The maximum absolute atomic E-state index is 5.43. The number of aromatic nitrogens is 1. The van der Waals surface area contributed by atoms with Gasteiger partial charge in [-0.15, -0.1) is 11.3 Å². The van der Waals surface area contributed by atoms with Crippen molar-refractivity contribution in [3.05, 3.63) is 45.4 Å². The van der Waals surface area contributed by atoms with Gasteiger partial charge in [-0.3, -0.25) is 4.99 Å². The van der Waals surface area contributed by atoms with E-state index < -0.39 is 0 Å². The van der Waals surface area contributed by atoms with Gasteiger partial charge < -0.3 is 15.4 Å². The van der Waals surface area contributed by atoms with Crippen LogP contribution in [0, 0.1) is 6.92 Å². The third-order valence-corrected chi connectivity index (χ3v) is 4.96. The first-order chi connectivity index (χ1) is 12.2. The van der Waals surface area contributed by atoms with Gasteiger partial charge in [0.15, 0.2) is 5.96 Å². The molecular formula is C19H28N4OS. The first kappa shape index (κ1) is 19.2. The molecule has 0 aliphatic rings. The third-order valence-electron chi connectivity index (χ3n) is 3.92. The number of thiazole rings is 1. The van der Waals surface area contributed by atoms with Crippen molar-refractivity contribution in [3.8, 4) is 5.75 Å². The van der Waals surface area contributed by atoms with Crippen LogP contribution < -0.4 is 15.4 Å². The van der Waals surface area contributed by atoms with E-state index in [-0.39, 0.29) is 0 Å². The number of methoxy groups -OCH3 is 1. The molecule has 1 heterocycles. The molecule has 5 nitrogen and oxygen atoms in total. The second-order valence-electron chi connectivity index (χ2n) is 5.83. The van der Waals surface area contributed by atoms with Crippen molar-refractivity contribution < 1.29 is 4.74 Å². The minimum atomic E-state index is 0.802. The van der Waals surface area contributed by atoms with Crippen LogP contribution in [-0.2, 0) is 19.3 Å². The summed E-state index contributed by atoms with van der Waals surface area (Å²) in [5.74, 6) is 1.75. The lowest BCUT2D eigenvalue weighted by atomic mass is 10.1. The van der Waals surface area contributed by atoms with E-state index in [1.165, 1.54) is 16.1 Å². The second kappa shape index (κ2) is 10.0. The van der Waals surface area contributed by atoms with Crippen LogP contribution in [0.25, 0.3) is 0 Å². The lowest BCUT2D eigenvalue weighted by Crippen LogP contribution is -2.39. The fourth-order valence-corrected chi connectivity index (χ4v) is 3.35. The van der Waals surface area contributed by atoms with Gasteiger partial charge in [0, 0.05) is 31.9 Å². The van der Waals surface area contributed by atoms with E-state index in [0.717, 1.165) is 49.8 Å². The summed E-state index contributed by atoms with van der Waals surface area (Å²) in [6, 6.07) is 6.26. The van der Waals surface area contributed by atoms with Gasteiger partial charge in [-0.1, -0.05) is 24.6 Å². The van der Waals surface area contributed by atoms with Gasteiger partial charge in [0.1, 0.15) is 5.75 Å². The first-order valence-electron chi connectivity index (χ1n) is 8.67. The fraction of sp³-hybridized carbons (Fsp3) is 0.474. The highest BCUT2D eigenvalue weighted by Gasteiger charge is 2.05. The number of ether oxygens (including phenoxy) is 1. The van der Waals surface area contributed by atoms with Crippen LogP contribution in [0.1, 0.15) is 28.8 Å². The number of hydrogen-bond donors (Lipinski definition) is 2. The van der Waals surface area contributed by atoms with Crippen molar-refractivity contribution in [1.82, 2.24) is 15.6 Å². The zero-order chi connectivity index (χ0) is 18.1. The van der Waals surface area contributed by atoms with Crippen LogP contribution in [0.5, 0.6) is 5.75 Å². The molecule has 0 unspecified atom stereocenters. The molecule has 2 N–H and O–H groups in total. The van der Waals surface area contributed by atoms with Crippen LogP contribution >= 0.6 is 11.3 Å². The molecule has 0 radical (unpaired) electrons. The van der Waals surface area contributed by atoms with Crippen molar-refractivity contribution in [1.29, 1.82) is 0 Å². The zero-order valence-corrected chi connectivity index (χ0v) is 16.4. The zero-order valence-electron chi connectivity index (χ0n) is 15.6. The Bertz CT molecular complexity index is 696. The van der Waals surface area contributed by atoms with Crippen LogP contribution in [0.4, 0.5) is 0 Å². The van der Waals surface area contributed by atoms with Crippen LogP contribution in [-0.4, -0.2) is 38.2 Å². The van der Waals surface area contributed by atoms with Crippen LogP contribution in [0.15, 0.2) is 28.6 Å². The Morgan fingerprint density at radius 1 is 1.24 bits per heavy atom. The van der Waals surface area contributed by atoms with Crippen molar-refractivity contribution >= 4 is 17.3 Å². The minimum Gasteiger partial charge on any atom is -0.496 e. The van der Waals surface area contributed by atoms with Crippen molar-refractivity contribution in [3.63, 3.8) is 0 Å². The molecule has 2 aromatic rings.